The van der Waals surface area contributed by atoms with Crippen molar-refractivity contribution >= 4 is 39.3 Å². The minimum atomic E-state index is 0.633. The van der Waals surface area contributed by atoms with Gasteiger partial charge in [0.15, 0.2) is 11.0 Å². The van der Waals surface area contributed by atoms with E-state index in [0.29, 0.717) is 11.6 Å². The van der Waals surface area contributed by atoms with Crippen molar-refractivity contribution in [1.29, 1.82) is 0 Å². The van der Waals surface area contributed by atoms with E-state index < -0.39 is 0 Å². The highest BCUT2D eigenvalue weighted by Gasteiger charge is 2.17. The Hall–Kier alpha value is -2.28. The van der Waals surface area contributed by atoms with Crippen molar-refractivity contribution in [3.8, 4) is 22.8 Å². The van der Waals surface area contributed by atoms with Gasteiger partial charge in [-0.05, 0) is 61.0 Å². The molecule has 1 heterocycles. The minimum absolute atomic E-state index is 0.633. The first-order valence-corrected chi connectivity index (χ1v) is 11.6. The van der Waals surface area contributed by atoms with Gasteiger partial charge in [0.2, 0.25) is 0 Å². The highest BCUT2D eigenvalue weighted by atomic mass is 79.9. The van der Waals surface area contributed by atoms with Gasteiger partial charge in [-0.2, -0.15) is 0 Å². The van der Waals surface area contributed by atoms with Gasteiger partial charge in [0, 0.05) is 26.5 Å². The highest BCUT2D eigenvalue weighted by Crippen LogP contribution is 2.31. The summed E-state index contributed by atoms with van der Waals surface area (Å²) in [6.45, 7) is 2.61. The molecular weight excluding hydrogens is 482 g/mol. The highest BCUT2D eigenvalue weighted by molar-refractivity contribution is 9.10. The zero-order valence-electron chi connectivity index (χ0n) is 16.3. The first-order chi connectivity index (χ1) is 14.6. The molecule has 3 aromatic carbocycles. The summed E-state index contributed by atoms with van der Waals surface area (Å²) in [6, 6.07) is 23.9. The van der Waals surface area contributed by atoms with Gasteiger partial charge in [0.05, 0.1) is 6.61 Å². The summed E-state index contributed by atoms with van der Waals surface area (Å²) >= 11 is 11.4. The fourth-order valence-electron chi connectivity index (χ4n) is 3.00. The summed E-state index contributed by atoms with van der Waals surface area (Å²) in [5.41, 5.74) is 3.10. The Balaban J connectivity index is 1.71. The van der Waals surface area contributed by atoms with Crippen molar-refractivity contribution in [2.75, 3.05) is 6.61 Å². The SMILES string of the molecule is CCOc1ccc(-n2c(SCc3ccc(Br)cc3)nnc2-c2cccc(Cl)c2)cc1. The van der Waals surface area contributed by atoms with E-state index in [1.165, 1.54) is 5.56 Å². The minimum Gasteiger partial charge on any atom is -0.494 e. The fraction of sp³-hybridized carbons (Fsp3) is 0.130. The van der Waals surface area contributed by atoms with Crippen molar-refractivity contribution in [2.45, 2.75) is 17.8 Å². The van der Waals surface area contributed by atoms with Crippen LogP contribution in [0.25, 0.3) is 17.1 Å². The molecule has 0 saturated heterocycles. The maximum absolute atomic E-state index is 6.23. The number of aromatic nitrogens is 3. The smallest absolute Gasteiger partial charge is 0.196 e. The number of halogens is 2. The molecule has 0 bridgehead atoms. The second-order valence-corrected chi connectivity index (χ2v) is 8.79. The predicted octanol–water partition coefficient (Wildman–Crippen LogP) is 7.04. The number of hydrogen-bond donors (Lipinski definition) is 0. The van der Waals surface area contributed by atoms with Crippen LogP contribution in [0.2, 0.25) is 5.02 Å². The summed E-state index contributed by atoms with van der Waals surface area (Å²) in [7, 11) is 0. The van der Waals surface area contributed by atoms with Crippen molar-refractivity contribution in [3.63, 3.8) is 0 Å². The van der Waals surface area contributed by atoms with E-state index in [1.54, 1.807) is 11.8 Å². The lowest BCUT2D eigenvalue weighted by Crippen LogP contribution is -2.00. The van der Waals surface area contributed by atoms with Crippen LogP contribution < -0.4 is 4.74 Å². The van der Waals surface area contributed by atoms with Crippen LogP contribution in [0.5, 0.6) is 5.75 Å². The average Bonchev–Trinajstić information content (AvgIpc) is 3.18. The lowest BCUT2D eigenvalue weighted by Gasteiger charge is -2.12. The number of hydrogen-bond acceptors (Lipinski definition) is 4. The molecule has 30 heavy (non-hydrogen) atoms. The molecule has 0 N–H and O–H groups in total. The third-order valence-electron chi connectivity index (χ3n) is 4.40. The van der Waals surface area contributed by atoms with Crippen molar-refractivity contribution in [3.05, 3.63) is 87.9 Å². The molecule has 7 heteroatoms. The van der Waals surface area contributed by atoms with Crippen molar-refractivity contribution in [1.82, 2.24) is 14.8 Å². The average molecular weight is 501 g/mol. The summed E-state index contributed by atoms with van der Waals surface area (Å²) in [6.07, 6.45) is 0. The quantitative estimate of drug-likeness (QED) is 0.255. The molecule has 0 aliphatic rings. The van der Waals surface area contributed by atoms with Gasteiger partial charge in [-0.15, -0.1) is 10.2 Å². The Labute approximate surface area is 193 Å². The van der Waals surface area contributed by atoms with Gasteiger partial charge >= 0.3 is 0 Å². The van der Waals surface area contributed by atoms with E-state index in [2.05, 4.69) is 42.8 Å². The summed E-state index contributed by atoms with van der Waals surface area (Å²) < 4.78 is 8.71. The molecule has 1 aromatic heterocycles. The molecule has 0 atom stereocenters. The molecule has 0 aliphatic carbocycles. The summed E-state index contributed by atoms with van der Waals surface area (Å²) in [5.74, 6) is 2.38. The molecule has 4 nitrogen and oxygen atoms in total. The molecule has 0 fully saturated rings. The van der Waals surface area contributed by atoms with E-state index in [0.717, 1.165) is 38.2 Å². The second-order valence-electron chi connectivity index (χ2n) is 6.49. The molecule has 0 aliphatic heterocycles. The normalized spacial score (nSPS) is 10.9. The molecule has 0 saturated carbocycles. The van der Waals surface area contributed by atoms with Crippen LogP contribution in [0.1, 0.15) is 12.5 Å². The lowest BCUT2D eigenvalue weighted by molar-refractivity contribution is 0.340. The van der Waals surface area contributed by atoms with E-state index in [9.17, 15) is 0 Å². The molecule has 152 valence electrons. The van der Waals surface area contributed by atoms with E-state index in [4.69, 9.17) is 16.3 Å². The van der Waals surface area contributed by atoms with Gasteiger partial charge in [0.1, 0.15) is 5.75 Å². The summed E-state index contributed by atoms with van der Waals surface area (Å²) in [5, 5.41) is 10.4. The van der Waals surface area contributed by atoms with Crippen LogP contribution in [0.4, 0.5) is 0 Å². The third kappa shape index (κ3) is 4.89. The van der Waals surface area contributed by atoms with Gasteiger partial charge in [-0.1, -0.05) is 63.6 Å². The first kappa shape index (κ1) is 21.0. The van der Waals surface area contributed by atoms with Crippen LogP contribution in [0.15, 0.2) is 82.4 Å². The third-order valence-corrected chi connectivity index (χ3v) is 6.17. The van der Waals surface area contributed by atoms with Gasteiger partial charge in [-0.3, -0.25) is 4.57 Å². The molecule has 0 amide bonds. The molecule has 4 rings (SSSR count). The molecule has 0 radical (unpaired) electrons. The van der Waals surface area contributed by atoms with Crippen LogP contribution >= 0.6 is 39.3 Å². The van der Waals surface area contributed by atoms with Crippen LogP contribution in [0.3, 0.4) is 0 Å². The maximum Gasteiger partial charge on any atom is 0.196 e. The standard InChI is InChI=1S/C23H19BrClN3OS/c1-2-29-21-12-10-20(11-13-21)28-22(17-4-3-5-19(25)14-17)26-27-23(28)30-15-16-6-8-18(24)9-7-16/h3-14H,2,15H2,1H3. The molecule has 0 spiro atoms. The first-order valence-electron chi connectivity index (χ1n) is 9.46. The van der Waals surface area contributed by atoms with Gasteiger partial charge in [0.25, 0.3) is 0 Å². The number of ether oxygens (including phenoxy) is 1. The van der Waals surface area contributed by atoms with E-state index in [-0.39, 0.29) is 0 Å². The molecular formula is C23H19BrClN3OS. The Morgan fingerprint density at radius 3 is 2.47 bits per heavy atom. The van der Waals surface area contributed by atoms with Gasteiger partial charge < -0.3 is 4.74 Å². The number of rotatable bonds is 7. The van der Waals surface area contributed by atoms with Crippen LogP contribution in [-0.2, 0) is 5.75 Å². The van der Waals surface area contributed by atoms with E-state index in [1.807, 2.05) is 67.6 Å². The van der Waals surface area contributed by atoms with Crippen LogP contribution in [-0.4, -0.2) is 21.4 Å². The zero-order chi connectivity index (χ0) is 20.9. The Bertz CT molecular complexity index is 1130. The maximum atomic E-state index is 6.23. The molecule has 4 aromatic rings. The summed E-state index contributed by atoms with van der Waals surface area (Å²) in [4.78, 5) is 0. The van der Waals surface area contributed by atoms with Gasteiger partial charge in [-0.25, -0.2) is 0 Å². The number of benzene rings is 3. The lowest BCUT2D eigenvalue weighted by atomic mass is 10.2. The molecule has 0 unspecified atom stereocenters. The van der Waals surface area contributed by atoms with Crippen molar-refractivity contribution < 1.29 is 4.74 Å². The number of nitrogens with zero attached hydrogens (tertiary/aromatic N) is 3. The second kappa shape index (κ2) is 9.69. The number of thioether (sulfide) groups is 1. The Morgan fingerprint density at radius 1 is 1.00 bits per heavy atom. The van der Waals surface area contributed by atoms with Crippen LogP contribution in [0, 0.1) is 0 Å². The monoisotopic (exact) mass is 499 g/mol. The topological polar surface area (TPSA) is 39.9 Å². The fourth-order valence-corrected chi connectivity index (χ4v) is 4.36. The Morgan fingerprint density at radius 2 is 1.77 bits per heavy atom. The Kier molecular flexibility index (Phi) is 6.77. The largest absolute Gasteiger partial charge is 0.494 e. The van der Waals surface area contributed by atoms with E-state index >= 15 is 0 Å². The zero-order valence-corrected chi connectivity index (χ0v) is 19.4. The predicted molar refractivity (Wildman–Crippen MR) is 127 cm³/mol. The van der Waals surface area contributed by atoms with Crippen molar-refractivity contribution in [2.24, 2.45) is 0 Å².